The molecule has 1 atom stereocenters. The molecule has 1 spiro atoms. The number of ether oxygens (including phenoxy) is 1. The largest absolute Gasteiger partial charge is 0.487 e. The van der Waals surface area contributed by atoms with Gasteiger partial charge in [0, 0.05) is 56.1 Å². The van der Waals surface area contributed by atoms with Gasteiger partial charge in [-0.3, -0.25) is 10.6 Å². The number of fused-ring (bicyclic) bond motifs is 1. The number of hydrogen-bond donors (Lipinski definition) is 1. The van der Waals surface area contributed by atoms with Gasteiger partial charge >= 0.3 is 0 Å². The summed E-state index contributed by atoms with van der Waals surface area (Å²) in [7, 11) is 0. The van der Waals surface area contributed by atoms with Crippen molar-refractivity contribution in [2.75, 3.05) is 26.2 Å². The van der Waals surface area contributed by atoms with Crippen LogP contribution in [0.2, 0.25) is 0 Å². The molecule has 29 heavy (non-hydrogen) atoms. The Hall–Kier alpha value is -2.37. The Kier molecular flexibility index (Phi) is 5.61. The van der Waals surface area contributed by atoms with E-state index in [9.17, 15) is 4.79 Å². The lowest BCUT2D eigenvalue weighted by atomic mass is 9.75. The molecule has 0 saturated carbocycles. The second-order valence-electron chi connectivity index (χ2n) is 8.22. The Bertz CT molecular complexity index is 853. The predicted molar refractivity (Wildman–Crippen MR) is 115 cm³/mol. The first-order valence-corrected chi connectivity index (χ1v) is 10.7. The predicted octanol–water partition coefficient (Wildman–Crippen LogP) is 3.79. The number of hydrazine groups is 1. The summed E-state index contributed by atoms with van der Waals surface area (Å²) in [5.74, 6) is 7.35. The van der Waals surface area contributed by atoms with E-state index in [-0.39, 0.29) is 17.4 Å². The zero-order valence-corrected chi connectivity index (χ0v) is 17.4. The van der Waals surface area contributed by atoms with Crippen molar-refractivity contribution in [3.8, 4) is 5.75 Å². The maximum atomic E-state index is 12.7. The first-order valence-electron chi connectivity index (χ1n) is 10.7. The minimum Gasteiger partial charge on any atom is -0.487 e. The average Bonchev–Trinajstić information content (AvgIpc) is 2.76. The molecule has 2 aliphatic rings. The number of amides is 1. The number of para-hydroxylation sites is 1. The highest BCUT2D eigenvalue weighted by Gasteiger charge is 2.43. The molecule has 154 valence electrons. The topological polar surface area (TPSA) is 58.8 Å². The number of carbonyl (C=O) groups is 1. The van der Waals surface area contributed by atoms with E-state index >= 15 is 0 Å². The lowest BCUT2D eigenvalue weighted by molar-refractivity contribution is -0.0191. The lowest BCUT2D eigenvalue weighted by Gasteiger charge is -2.46. The van der Waals surface area contributed by atoms with Gasteiger partial charge < -0.3 is 9.64 Å². The quantitative estimate of drug-likeness (QED) is 0.803. The van der Waals surface area contributed by atoms with Crippen LogP contribution in [-0.2, 0) is 0 Å². The number of carbonyl (C=O) groups excluding carboxylic acids is 1. The molecule has 2 aliphatic heterocycles. The van der Waals surface area contributed by atoms with Gasteiger partial charge in [-0.1, -0.05) is 30.3 Å². The molecular weight excluding hydrogens is 362 g/mol. The van der Waals surface area contributed by atoms with E-state index in [1.165, 1.54) is 11.1 Å². The Labute approximate surface area is 173 Å². The molecule has 1 fully saturated rings. The summed E-state index contributed by atoms with van der Waals surface area (Å²) >= 11 is 0. The summed E-state index contributed by atoms with van der Waals surface area (Å²) < 4.78 is 6.54. The van der Waals surface area contributed by atoms with E-state index in [4.69, 9.17) is 10.6 Å². The number of benzene rings is 2. The highest BCUT2D eigenvalue weighted by Crippen LogP contribution is 2.47. The van der Waals surface area contributed by atoms with E-state index in [1.54, 1.807) is 0 Å². The van der Waals surface area contributed by atoms with Crippen molar-refractivity contribution in [1.82, 2.24) is 9.91 Å². The van der Waals surface area contributed by atoms with E-state index < -0.39 is 0 Å². The van der Waals surface area contributed by atoms with Gasteiger partial charge in [-0.2, -0.15) is 0 Å². The Morgan fingerprint density at radius 3 is 2.41 bits per heavy atom. The zero-order valence-electron chi connectivity index (χ0n) is 17.4. The zero-order chi connectivity index (χ0) is 20.4. The van der Waals surface area contributed by atoms with Gasteiger partial charge in [0.2, 0.25) is 0 Å². The van der Waals surface area contributed by atoms with Gasteiger partial charge in [0.25, 0.3) is 5.91 Å². The third-order valence-corrected chi connectivity index (χ3v) is 6.52. The molecule has 0 radical (unpaired) electrons. The second kappa shape index (κ2) is 8.17. The van der Waals surface area contributed by atoms with Crippen LogP contribution in [0, 0.1) is 0 Å². The van der Waals surface area contributed by atoms with Crippen LogP contribution in [0.15, 0.2) is 48.5 Å². The second-order valence-corrected chi connectivity index (χ2v) is 8.22. The first-order chi connectivity index (χ1) is 14.0. The third-order valence-electron chi connectivity index (χ3n) is 6.52. The van der Waals surface area contributed by atoms with Crippen LogP contribution in [0.5, 0.6) is 5.75 Å². The standard InChI is InChI=1S/C24H31N3O2/c1-3-26(4-2)23(28)19-11-9-18(10-12-19)21-17-24(13-15-27(25)16-14-24)29-22-8-6-5-7-20(21)22/h5-12,21H,3-4,13-17,25H2,1-2H3/t21-/m1/s1. The fourth-order valence-corrected chi connectivity index (χ4v) is 4.70. The maximum absolute atomic E-state index is 12.7. The van der Waals surface area contributed by atoms with E-state index in [0.717, 1.165) is 56.8 Å². The normalized spacial score (nSPS) is 20.7. The van der Waals surface area contributed by atoms with Crippen LogP contribution in [0.4, 0.5) is 0 Å². The van der Waals surface area contributed by atoms with Gasteiger partial charge in [0.15, 0.2) is 0 Å². The van der Waals surface area contributed by atoms with Gasteiger partial charge in [-0.25, -0.2) is 5.01 Å². The molecule has 0 aromatic heterocycles. The maximum Gasteiger partial charge on any atom is 0.253 e. The van der Waals surface area contributed by atoms with E-state index in [1.807, 2.05) is 42.0 Å². The molecule has 1 amide bonds. The minimum atomic E-state index is -0.162. The van der Waals surface area contributed by atoms with Crippen molar-refractivity contribution in [1.29, 1.82) is 0 Å². The molecule has 0 unspecified atom stereocenters. The summed E-state index contributed by atoms with van der Waals surface area (Å²) in [6.07, 6.45) is 2.82. The Morgan fingerprint density at radius 2 is 1.76 bits per heavy atom. The molecule has 0 bridgehead atoms. The number of hydrogen-bond acceptors (Lipinski definition) is 4. The molecule has 2 aromatic carbocycles. The molecule has 2 aromatic rings. The summed E-state index contributed by atoms with van der Waals surface area (Å²) in [4.78, 5) is 14.5. The fourth-order valence-electron chi connectivity index (χ4n) is 4.70. The third kappa shape index (κ3) is 3.89. The monoisotopic (exact) mass is 393 g/mol. The number of piperidine rings is 1. The van der Waals surface area contributed by atoms with Gasteiger partial charge in [-0.05, 0) is 44.0 Å². The Balaban J connectivity index is 1.63. The fraction of sp³-hybridized carbons (Fsp3) is 0.458. The highest BCUT2D eigenvalue weighted by molar-refractivity contribution is 5.94. The molecule has 4 rings (SSSR count). The van der Waals surface area contributed by atoms with Crippen LogP contribution >= 0.6 is 0 Å². The average molecular weight is 394 g/mol. The molecule has 5 nitrogen and oxygen atoms in total. The Morgan fingerprint density at radius 1 is 1.10 bits per heavy atom. The van der Waals surface area contributed by atoms with Crippen LogP contribution in [0.25, 0.3) is 0 Å². The van der Waals surface area contributed by atoms with E-state index in [2.05, 4.69) is 30.3 Å². The molecule has 0 aliphatic carbocycles. The van der Waals surface area contributed by atoms with Crippen molar-refractivity contribution in [2.45, 2.75) is 44.6 Å². The van der Waals surface area contributed by atoms with Crippen molar-refractivity contribution in [2.24, 2.45) is 5.84 Å². The van der Waals surface area contributed by atoms with Gasteiger partial charge in [-0.15, -0.1) is 0 Å². The van der Waals surface area contributed by atoms with Crippen molar-refractivity contribution in [3.63, 3.8) is 0 Å². The first kappa shape index (κ1) is 19.9. The molecule has 2 heterocycles. The van der Waals surface area contributed by atoms with Crippen LogP contribution in [0.1, 0.15) is 60.5 Å². The summed E-state index contributed by atoms with van der Waals surface area (Å²) in [6, 6.07) is 16.6. The number of nitrogens with two attached hydrogens (primary N) is 1. The van der Waals surface area contributed by atoms with Crippen LogP contribution < -0.4 is 10.6 Å². The molecular formula is C24H31N3O2. The SMILES string of the molecule is CCN(CC)C(=O)c1ccc([C@H]2CC3(CCN(N)CC3)Oc3ccccc32)cc1. The van der Waals surface area contributed by atoms with Gasteiger partial charge in [0.05, 0.1) is 0 Å². The molecule has 5 heteroatoms. The van der Waals surface area contributed by atoms with E-state index in [0.29, 0.717) is 0 Å². The smallest absolute Gasteiger partial charge is 0.253 e. The van der Waals surface area contributed by atoms with Crippen molar-refractivity contribution >= 4 is 5.91 Å². The highest BCUT2D eigenvalue weighted by atomic mass is 16.5. The summed E-state index contributed by atoms with van der Waals surface area (Å²) in [6.45, 7) is 7.19. The number of rotatable bonds is 4. The van der Waals surface area contributed by atoms with Crippen molar-refractivity contribution < 1.29 is 9.53 Å². The van der Waals surface area contributed by atoms with Gasteiger partial charge in [0.1, 0.15) is 11.4 Å². The van der Waals surface area contributed by atoms with Crippen molar-refractivity contribution in [3.05, 3.63) is 65.2 Å². The molecule has 1 saturated heterocycles. The van der Waals surface area contributed by atoms with Crippen LogP contribution in [-0.4, -0.2) is 47.6 Å². The minimum absolute atomic E-state index is 0.0979. The summed E-state index contributed by atoms with van der Waals surface area (Å²) in [5.41, 5.74) is 3.07. The summed E-state index contributed by atoms with van der Waals surface area (Å²) in [5, 5.41) is 1.89. The van der Waals surface area contributed by atoms with Crippen LogP contribution in [0.3, 0.4) is 0 Å². The number of nitrogens with zero attached hydrogens (tertiary/aromatic N) is 2. The lowest BCUT2D eigenvalue weighted by Crippen LogP contribution is -2.52. The molecule has 2 N–H and O–H groups in total.